The maximum Gasteiger partial charge on any atom is 0.188 e. The van der Waals surface area contributed by atoms with E-state index in [1.165, 1.54) is 10.8 Å². The fraction of sp³-hybridized carbons (Fsp3) is 0.261. The van der Waals surface area contributed by atoms with Crippen LogP contribution in [0.1, 0.15) is 5.82 Å². The van der Waals surface area contributed by atoms with E-state index < -0.39 is 0 Å². The molecular formula is C23H24N6S. The number of hydrogen-bond acceptors (Lipinski definition) is 7. The van der Waals surface area contributed by atoms with Crippen LogP contribution in [-0.2, 0) is 0 Å². The van der Waals surface area contributed by atoms with E-state index in [1.807, 2.05) is 13.0 Å². The number of aryl methyl sites for hydroxylation is 1. The maximum atomic E-state index is 4.79. The molecule has 0 bridgehead atoms. The van der Waals surface area contributed by atoms with Crippen molar-refractivity contribution >= 4 is 38.9 Å². The van der Waals surface area contributed by atoms with Gasteiger partial charge in [-0.05, 0) is 30.8 Å². The number of nitrogens with one attached hydrogen (secondary N) is 1. The zero-order chi connectivity index (χ0) is 20.5. The minimum Gasteiger partial charge on any atom is -0.354 e. The minimum atomic E-state index is 0.764. The Balaban J connectivity index is 1.37. The summed E-state index contributed by atoms with van der Waals surface area (Å²) in [6.07, 6.45) is 0. The van der Waals surface area contributed by atoms with Gasteiger partial charge in [-0.3, -0.25) is 0 Å². The first-order valence-electron chi connectivity index (χ1n) is 10.1. The predicted molar refractivity (Wildman–Crippen MR) is 125 cm³/mol. The lowest BCUT2D eigenvalue weighted by molar-refractivity contribution is 0.312. The van der Waals surface area contributed by atoms with Crippen LogP contribution in [0.25, 0.3) is 22.0 Å². The summed E-state index contributed by atoms with van der Waals surface area (Å²) in [5.41, 5.74) is 2.09. The Labute approximate surface area is 180 Å². The molecule has 7 heteroatoms. The molecule has 0 radical (unpaired) electrons. The van der Waals surface area contributed by atoms with Gasteiger partial charge in [0.15, 0.2) is 5.13 Å². The largest absolute Gasteiger partial charge is 0.354 e. The van der Waals surface area contributed by atoms with Gasteiger partial charge in [0.25, 0.3) is 0 Å². The number of piperazine rings is 1. The van der Waals surface area contributed by atoms with Gasteiger partial charge in [-0.15, -0.1) is 11.3 Å². The fourth-order valence-electron chi connectivity index (χ4n) is 3.74. The third-order valence-electron chi connectivity index (χ3n) is 5.44. The van der Waals surface area contributed by atoms with E-state index in [0.717, 1.165) is 60.0 Å². The Bertz CT molecular complexity index is 1180. The van der Waals surface area contributed by atoms with Gasteiger partial charge in [0.2, 0.25) is 0 Å². The summed E-state index contributed by atoms with van der Waals surface area (Å²) in [6, 6.07) is 16.9. The summed E-state index contributed by atoms with van der Waals surface area (Å²) in [5, 5.41) is 8.76. The average Bonchev–Trinajstić information content (AvgIpc) is 3.22. The smallest absolute Gasteiger partial charge is 0.188 e. The molecule has 0 unspecified atom stereocenters. The highest BCUT2D eigenvalue weighted by Gasteiger charge is 2.17. The van der Waals surface area contributed by atoms with E-state index in [0.29, 0.717) is 0 Å². The molecule has 4 aromatic rings. The monoisotopic (exact) mass is 416 g/mol. The van der Waals surface area contributed by atoms with Gasteiger partial charge in [-0.25, -0.2) is 15.0 Å². The van der Waals surface area contributed by atoms with Gasteiger partial charge < -0.3 is 15.1 Å². The van der Waals surface area contributed by atoms with Gasteiger partial charge in [-0.1, -0.05) is 36.4 Å². The third-order valence-corrected chi connectivity index (χ3v) is 6.19. The second-order valence-electron chi connectivity index (χ2n) is 7.67. The molecule has 2 aromatic heterocycles. The van der Waals surface area contributed by atoms with E-state index in [2.05, 4.69) is 80.0 Å². The van der Waals surface area contributed by atoms with Crippen LogP contribution in [0.2, 0.25) is 0 Å². The highest BCUT2D eigenvalue weighted by molar-refractivity contribution is 7.14. The van der Waals surface area contributed by atoms with E-state index in [9.17, 15) is 0 Å². The molecule has 6 nitrogen and oxygen atoms in total. The molecule has 1 fully saturated rings. The predicted octanol–water partition coefficient (Wildman–Crippen LogP) is 4.56. The molecular weight excluding hydrogens is 392 g/mol. The first-order chi connectivity index (χ1) is 14.6. The van der Waals surface area contributed by atoms with Crippen LogP contribution in [-0.4, -0.2) is 53.1 Å². The zero-order valence-electron chi connectivity index (χ0n) is 17.2. The van der Waals surface area contributed by atoms with Crippen molar-refractivity contribution in [2.45, 2.75) is 6.92 Å². The maximum absolute atomic E-state index is 4.79. The molecule has 2 aromatic carbocycles. The third kappa shape index (κ3) is 3.99. The van der Waals surface area contributed by atoms with Crippen LogP contribution >= 0.6 is 11.3 Å². The molecule has 152 valence electrons. The second kappa shape index (κ2) is 8.01. The molecule has 0 aliphatic carbocycles. The summed E-state index contributed by atoms with van der Waals surface area (Å²) in [5.74, 6) is 2.53. The van der Waals surface area contributed by atoms with Crippen molar-refractivity contribution in [3.8, 4) is 11.3 Å². The molecule has 30 heavy (non-hydrogen) atoms. The molecule has 3 heterocycles. The van der Waals surface area contributed by atoms with E-state index in [4.69, 9.17) is 4.98 Å². The number of aromatic nitrogens is 3. The first-order valence-corrected chi connectivity index (χ1v) is 11.0. The number of anilines is 3. The molecule has 1 aliphatic heterocycles. The van der Waals surface area contributed by atoms with E-state index >= 15 is 0 Å². The van der Waals surface area contributed by atoms with Crippen LogP contribution < -0.4 is 10.2 Å². The second-order valence-corrected chi connectivity index (χ2v) is 8.53. The topological polar surface area (TPSA) is 57.2 Å². The number of likely N-dealkylation sites (N-methyl/N-ethyl adjacent to an activating group) is 1. The van der Waals surface area contributed by atoms with Crippen molar-refractivity contribution in [3.63, 3.8) is 0 Å². The average molecular weight is 417 g/mol. The Morgan fingerprint density at radius 2 is 1.70 bits per heavy atom. The van der Waals surface area contributed by atoms with Crippen molar-refractivity contribution in [3.05, 3.63) is 59.7 Å². The Morgan fingerprint density at radius 1 is 0.900 bits per heavy atom. The molecule has 1 saturated heterocycles. The SMILES string of the molecule is Cc1nc(Nc2nc(-c3ccc4ccccc4c3)cs2)cc(N2CCN(C)CC2)n1. The molecule has 0 amide bonds. The molecule has 5 rings (SSSR count). The van der Waals surface area contributed by atoms with Crippen LogP contribution in [0.3, 0.4) is 0 Å². The Hall–Kier alpha value is -3.03. The number of rotatable bonds is 4. The fourth-order valence-corrected chi connectivity index (χ4v) is 4.46. The Morgan fingerprint density at radius 3 is 2.53 bits per heavy atom. The van der Waals surface area contributed by atoms with Crippen LogP contribution in [0.15, 0.2) is 53.9 Å². The zero-order valence-corrected chi connectivity index (χ0v) is 18.0. The number of thiazole rings is 1. The Kier molecular flexibility index (Phi) is 5.06. The highest BCUT2D eigenvalue weighted by atomic mass is 32.1. The van der Waals surface area contributed by atoms with Gasteiger partial charge in [-0.2, -0.15) is 0 Å². The number of nitrogens with zero attached hydrogens (tertiary/aromatic N) is 5. The summed E-state index contributed by atoms with van der Waals surface area (Å²) >= 11 is 1.59. The standard InChI is InChI=1S/C23H24N6S/c1-16-24-21(14-22(25-16)29-11-9-28(2)10-12-29)27-23-26-20(15-30-23)19-8-7-17-5-3-4-6-18(17)13-19/h3-8,13-15H,9-12H2,1-2H3,(H,24,25,26,27). The quantitative estimate of drug-likeness (QED) is 0.526. The van der Waals surface area contributed by atoms with Crippen LogP contribution in [0.5, 0.6) is 0 Å². The van der Waals surface area contributed by atoms with Gasteiger partial charge in [0, 0.05) is 43.2 Å². The van der Waals surface area contributed by atoms with Crippen molar-refractivity contribution in [2.75, 3.05) is 43.4 Å². The van der Waals surface area contributed by atoms with Gasteiger partial charge >= 0.3 is 0 Å². The van der Waals surface area contributed by atoms with E-state index in [1.54, 1.807) is 11.3 Å². The number of benzene rings is 2. The van der Waals surface area contributed by atoms with Crippen molar-refractivity contribution in [1.29, 1.82) is 0 Å². The summed E-state index contributed by atoms with van der Waals surface area (Å²) < 4.78 is 0. The normalized spacial score (nSPS) is 14.9. The molecule has 1 aliphatic rings. The number of hydrogen-bond donors (Lipinski definition) is 1. The summed E-state index contributed by atoms with van der Waals surface area (Å²) in [4.78, 5) is 18.7. The molecule has 0 saturated carbocycles. The van der Waals surface area contributed by atoms with Gasteiger partial charge in [0.1, 0.15) is 17.5 Å². The molecule has 0 atom stereocenters. The van der Waals surface area contributed by atoms with Crippen LogP contribution in [0, 0.1) is 6.92 Å². The summed E-state index contributed by atoms with van der Waals surface area (Å²) in [6.45, 7) is 6.00. The van der Waals surface area contributed by atoms with Crippen molar-refractivity contribution in [2.24, 2.45) is 0 Å². The lowest BCUT2D eigenvalue weighted by Crippen LogP contribution is -2.44. The first kappa shape index (κ1) is 19.0. The van der Waals surface area contributed by atoms with Crippen LogP contribution in [0.4, 0.5) is 16.8 Å². The van der Waals surface area contributed by atoms with Gasteiger partial charge in [0.05, 0.1) is 5.69 Å². The molecule has 0 spiro atoms. The highest BCUT2D eigenvalue weighted by Crippen LogP contribution is 2.29. The molecule has 1 N–H and O–H groups in total. The lowest BCUT2D eigenvalue weighted by atomic mass is 10.1. The lowest BCUT2D eigenvalue weighted by Gasteiger charge is -2.33. The van der Waals surface area contributed by atoms with Crippen molar-refractivity contribution in [1.82, 2.24) is 19.9 Å². The number of fused-ring (bicyclic) bond motifs is 1. The van der Waals surface area contributed by atoms with Crippen molar-refractivity contribution < 1.29 is 0 Å². The minimum absolute atomic E-state index is 0.764. The summed E-state index contributed by atoms with van der Waals surface area (Å²) in [7, 11) is 2.16. The van der Waals surface area contributed by atoms with E-state index in [-0.39, 0.29) is 0 Å².